The molecule has 2 heterocycles. The van der Waals surface area contributed by atoms with Gasteiger partial charge in [-0.2, -0.15) is 5.26 Å². The highest BCUT2D eigenvalue weighted by Gasteiger charge is 2.39. The van der Waals surface area contributed by atoms with Gasteiger partial charge in [-0.3, -0.25) is 4.90 Å². The third-order valence-electron chi connectivity index (χ3n) is 8.33. The minimum Gasteiger partial charge on any atom is -0.466 e. The lowest BCUT2D eigenvalue weighted by molar-refractivity contribution is -0.140. The molecule has 45 heavy (non-hydrogen) atoms. The summed E-state index contributed by atoms with van der Waals surface area (Å²) in [5, 5.41) is 16.3. The molecule has 0 saturated carbocycles. The van der Waals surface area contributed by atoms with E-state index in [4.69, 9.17) is 15.9 Å². The van der Waals surface area contributed by atoms with Crippen LogP contribution in [0.2, 0.25) is 0 Å². The number of hydrogen-bond donors (Lipinski definition) is 2. The lowest BCUT2D eigenvalue weighted by Crippen LogP contribution is -2.53. The number of benzene rings is 3. The van der Waals surface area contributed by atoms with Gasteiger partial charge < -0.3 is 20.1 Å². The van der Waals surface area contributed by atoms with E-state index in [1.165, 1.54) is 18.2 Å². The number of methoxy groups -OCH3 is 1. The molecule has 2 aliphatic rings. The van der Waals surface area contributed by atoms with Crippen LogP contribution in [0, 0.1) is 23.7 Å². The van der Waals surface area contributed by atoms with Gasteiger partial charge in [0, 0.05) is 36.9 Å². The molecule has 2 N–H and O–H groups in total. The quantitative estimate of drug-likeness (QED) is 0.272. The molecule has 0 bridgehead atoms. The van der Waals surface area contributed by atoms with Crippen LogP contribution in [-0.4, -0.2) is 56.2 Å². The summed E-state index contributed by atoms with van der Waals surface area (Å²) in [7, 11) is 1.24. The van der Waals surface area contributed by atoms with Crippen molar-refractivity contribution in [2.45, 2.75) is 31.3 Å². The average Bonchev–Trinajstić information content (AvgIpc) is 3.09. The van der Waals surface area contributed by atoms with E-state index in [2.05, 4.69) is 70.0 Å². The van der Waals surface area contributed by atoms with E-state index < -0.39 is 17.9 Å². The highest BCUT2D eigenvalue weighted by molar-refractivity contribution is 6.00. The van der Waals surface area contributed by atoms with Gasteiger partial charge in [-0.1, -0.05) is 78.7 Å². The standard InChI is InChI=1S/C37H36N4O4/c1-4-26-12-11-17-29(22-26)33-32(25(2)40-31(23-38)34(33)36(42)44-3)37(43)45-21-18-30-24-39-19-20-41(30)35(27-13-7-5-8-14-27)28-15-9-6-10-16-28/h1,5-17,22,30,33,35,39-40H,18-21,24H2,2-3H3. The summed E-state index contributed by atoms with van der Waals surface area (Å²) in [6.45, 7) is 4.29. The Kier molecular flexibility index (Phi) is 10.1. The summed E-state index contributed by atoms with van der Waals surface area (Å²) in [6.07, 6.45) is 6.25. The van der Waals surface area contributed by atoms with Crippen molar-refractivity contribution in [1.29, 1.82) is 5.26 Å². The molecule has 228 valence electrons. The molecule has 8 nitrogen and oxygen atoms in total. The SMILES string of the molecule is C#Cc1cccc(C2C(C(=O)OCCC3CNCCN3C(c3ccccc3)c3ccccc3)=C(C)NC(C#N)=C2C(=O)OC)c1. The monoisotopic (exact) mass is 600 g/mol. The smallest absolute Gasteiger partial charge is 0.337 e. The molecule has 5 rings (SSSR count). The van der Waals surface area contributed by atoms with Crippen LogP contribution in [0.1, 0.15) is 47.6 Å². The first-order valence-corrected chi connectivity index (χ1v) is 15.0. The minimum atomic E-state index is -0.900. The van der Waals surface area contributed by atoms with Gasteiger partial charge in [-0.05, 0) is 42.2 Å². The van der Waals surface area contributed by atoms with E-state index in [0.29, 0.717) is 23.2 Å². The van der Waals surface area contributed by atoms with Crippen LogP contribution in [-0.2, 0) is 19.1 Å². The maximum absolute atomic E-state index is 13.9. The minimum absolute atomic E-state index is 0.0174. The molecule has 1 saturated heterocycles. The van der Waals surface area contributed by atoms with Gasteiger partial charge in [0.05, 0.1) is 36.8 Å². The number of carbonyl (C=O) groups excluding carboxylic acids is 2. The maximum atomic E-state index is 13.9. The lowest BCUT2D eigenvalue weighted by Gasteiger charge is -2.42. The largest absolute Gasteiger partial charge is 0.466 e. The highest BCUT2D eigenvalue weighted by atomic mass is 16.5. The Morgan fingerprint density at radius 2 is 1.69 bits per heavy atom. The maximum Gasteiger partial charge on any atom is 0.337 e. The van der Waals surface area contributed by atoms with Crippen molar-refractivity contribution in [3.8, 4) is 18.4 Å². The van der Waals surface area contributed by atoms with Crippen molar-refractivity contribution < 1.29 is 19.1 Å². The topological polar surface area (TPSA) is 104 Å². The summed E-state index contributed by atoms with van der Waals surface area (Å²) in [6, 6.07) is 30.1. The Bertz CT molecular complexity index is 1640. The van der Waals surface area contributed by atoms with E-state index >= 15 is 0 Å². The van der Waals surface area contributed by atoms with Crippen LogP contribution in [0.4, 0.5) is 0 Å². The number of dihydropyridines is 1. The molecular formula is C37H36N4O4. The number of allylic oxidation sites excluding steroid dienone is 2. The number of terminal acetylenes is 1. The third-order valence-corrected chi connectivity index (χ3v) is 8.33. The Balaban J connectivity index is 1.40. The number of carbonyl (C=O) groups is 2. The van der Waals surface area contributed by atoms with Crippen LogP contribution >= 0.6 is 0 Å². The van der Waals surface area contributed by atoms with Gasteiger partial charge in [-0.25, -0.2) is 9.59 Å². The Morgan fingerprint density at radius 3 is 2.31 bits per heavy atom. The second kappa shape index (κ2) is 14.5. The zero-order valence-electron chi connectivity index (χ0n) is 25.5. The number of esters is 2. The Labute approximate surface area is 264 Å². The fourth-order valence-corrected chi connectivity index (χ4v) is 6.25. The second-order valence-electron chi connectivity index (χ2n) is 11.0. The van der Waals surface area contributed by atoms with Crippen molar-refractivity contribution >= 4 is 11.9 Å². The Morgan fingerprint density at radius 1 is 1.00 bits per heavy atom. The number of nitriles is 1. The van der Waals surface area contributed by atoms with Crippen molar-refractivity contribution in [3.63, 3.8) is 0 Å². The summed E-state index contributed by atoms with van der Waals surface area (Å²) >= 11 is 0. The fourth-order valence-electron chi connectivity index (χ4n) is 6.25. The predicted molar refractivity (Wildman–Crippen MR) is 171 cm³/mol. The molecule has 0 spiro atoms. The molecule has 0 radical (unpaired) electrons. The molecule has 2 unspecified atom stereocenters. The summed E-state index contributed by atoms with van der Waals surface area (Å²) in [5.41, 5.74) is 4.27. The first-order chi connectivity index (χ1) is 22.0. The highest BCUT2D eigenvalue weighted by Crippen LogP contribution is 2.39. The molecule has 2 aliphatic heterocycles. The number of ether oxygens (including phenoxy) is 2. The van der Waals surface area contributed by atoms with Gasteiger partial charge in [0.15, 0.2) is 0 Å². The van der Waals surface area contributed by atoms with Crippen LogP contribution in [0.5, 0.6) is 0 Å². The van der Waals surface area contributed by atoms with Crippen LogP contribution in [0.15, 0.2) is 107 Å². The first-order valence-electron chi connectivity index (χ1n) is 15.0. The molecule has 2 atom stereocenters. The van der Waals surface area contributed by atoms with Gasteiger partial charge in [0.2, 0.25) is 0 Å². The van der Waals surface area contributed by atoms with E-state index in [9.17, 15) is 14.9 Å². The van der Waals surface area contributed by atoms with Gasteiger partial charge in [0.1, 0.15) is 11.8 Å². The Hall–Kier alpha value is -5.15. The fraction of sp³-hybridized carbons (Fsp3) is 0.270. The molecule has 3 aromatic carbocycles. The summed E-state index contributed by atoms with van der Waals surface area (Å²) in [4.78, 5) is 29.3. The average molecular weight is 601 g/mol. The van der Waals surface area contributed by atoms with Gasteiger partial charge in [-0.15, -0.1) is 6.42 Å². The molecule has 0 aromatic heterocycles. The van der Waals surface area contributed by atoms with E-state index in [-0.39, 0.29) is 35.5 Å². The number of nitrogens with zero attached hydrogens (tertiary/aromatic N) is 2. The third kappa shape index (κ3) is 6.84. The van der Waals surface area contributed by atoms with Crippen LogP contribution < -0.4 is 10.6 Å². The van der Waals surface area contributed by atoms with Crippen molar-refractivity contribution in [1.82, 2.24) is 15.5 Å². The van der Waals surface area contributed by atoms with Crippen LogP contribution in [0.25, 0.3) is 0 Å². The van der Waals surface area contributed by atoms with Gasteiger partial charge >= 0.3 is 11.9 Å². The number of hydrogen-bond acceptors (Lipinski definition) is 8. The van der Waals surface area contributed by atoms with E-state index in [0.717, 1.165) is 19.6 Å². The second-order valence-corrected chi connectivity index (χ2v) is 11.0. The van der Waals surface area contributed by atoms with Gasteiger partial charge in [0.25, 0.3) is 0 Å². The number of piperazine rings is 1. The first kappa shape index (κ1) is 31.3. The molecule has 3 aromatic rings. The lowest BCUT2D eigenvalue weighted by atomic mass is 9.80. The summed E-state index contributed by atoms with van der Waals surface area (Å²) in [5.74, 6) is 0.402. The van der Waals surface area contributed by atoms with Crippen LogP contribution in [0.3, 0.4) is 0 Å². The summed E-state index contributed by atoms with van der Waals surface area (Å²) < 4.78 is 11.0. The normalized spacial score (nSPS) is 18.5. The molecule has 0 aliphatic carbocycles. The van der Waals surface area contributed by atoms with Crippen molar-refractivity contribution in [2.24, 2.45) is 0 Å². The van der Waals surface area contributed by atoms with Crippen molar-refractivity contribution in [3.05, 3.63) is 130 Å². The zero-order chi connectivity index (χ0) is 31.8. The zero-order valence-corrected chi connectivity index (χ0v) is 25.5. The number of rotatable bonds is 9. The van der Waals surface area contributed by atoms with Crippen molar-refractivity contribution in [2.75, 3.05) is 33.4 Å². The predicted octanol–water partition coefficient (Wildman–Crippen LogP) is 4.58. The van der Waals surface area contributed by atoms with E-state index in [1.807, 2.05) is 18.2 Å². The molecular weight excluding hydrogens is 564 g/mol. The molecule has 1 fully saturated rings. The van der Waals surface area contributed by atoms with E-state index in [1.54, 1.807) is 31.2 Å². The molecule has 0 amide bonds. The number of nitrogens with one attached hydrogen (secondary N) is 2. The molecule has 8 heteroatoms.